The summed E-state index contributed by atoms with van der Waals surface area (Å²) in [4.78, 5) is 36.4. The predicted molar refractivity (Wildman–Crippen MR) is 106 cm³/mol. The van der Waals surface area contributed by atoms with E-state index in [1.807, 2.05) is 0 Å². The van der Waals surface area contributed by atoms with Crippen LogP contribution in [0.2, 0.25) is 0 Å². The fourth-order valence-electron chi connectivity index (χ4n) is 3.10. The van der Waals surface area contributed by atoms with Crippen molar-refractivity contribution >= 4 is 23.7 Å². The standard InChI is InChI=1S/C21H20N2O6/c1-27-17-10-13(11-18(28-2)21(17)29-3)23(12-24)22-9-8-16-19(25)14-6-4-5-7-15(14)20(16)26/h4-8,10-12,22H,9H2,1-3H3. The molecular formula is C21H20N2O6. The molecule has 0 saturated carbocycles. The van der Waals surface area contributed by atoms with Gasteiger partial charge in [-0.15, -0.1) is 0 Å². The van der Waals surface area contributed by atoms with E-state index in [0.717, 1.165) is 0 Å². The Morgan fingerprint density at radius 3 is 1.93 bits per heavy atom. The Balaban J connectivity index is 1.80. The Kier molecular flexibility index (Phi) is 5.94. The third kappa shape index (κ3) is 3.70. The lowest BCUT2D eigenvalue weighted by Gasteiger charge is -2.21. The molecule has 8 nitrogen and oxygen atoms in total. The van der Waals surface area contributed by atoms with Gasteiger partial charge in [0.1, 0.15) is 0 Å². The molecule has 8 heteroatoms. The van der Waals surface area contributed by atoms with Gasteiger partial charge in [0.05, 0.1) is 32.6 Å². The van der Waals surface area contributed by atoms with Crippen molar-refractivity contribution in [3.05, 3.63) is 59.2 Å². The van der Waals surface area contributed by atoms with Crippen LogP contribution >= 0.6 is 0 Å². The van der Waals surface area contributed by atoms with Crippen LogP contribution in [-0.2, 0) is 4.79 Å². The van der Waals surface area contributed by atoms with Crippen LogP contribution in [0.15, 0.2) is 48.0 Å². The highest BCUT2D eigenvalue weighted by molar-refractivity contribution is 6.39. The van der Waals surface area contributed by atoms with Crippen molar-refractivity contribution in [2.75, 3.05) is 32.9 Å². The maximum absolute atomic E-state index is 12.4. The van der Waals surface area contributed by atoms with Crippen LogP contribution < -0.4 is 24.6 Å². The molecule has 1 N–H and O–H groups in total. The van der Waals surface area contributed by atoms with E-state index < -0.39 is 0 Å². The van der Waals surface area contributed by atoms with Crippen molar-refractivity contribution in [1.29, 1.82) is 0 Å². The van der Waals surface area contributed by atoms with Crippen molar-refractivity contribution in [1.82, 2.24) is 5.43 Å². The number of hydrogen-bond donors (Lipinski definition) is 1. The van der Waals surface area contributed by atoms with Gasteiger partial charge in [0.2, 0.25) is 12.2 Å². The minimum atomic E-state index is -0.321. The first-order valence-corrected chi connectivity index (χ1v) is 8.72. The zero-order chi connectivity index (χ0) is 21.0. The molecule has 150 valence electrons. The van der Waals surface area contributed by atoms with Crippen LogP contribution in [0.25, 0.3) is 0 Å². The molecule has 0 bridgehead atoms. The summed E-state index contributed by atoms with van der Waals surface area (Å²) in [6.07, 6.45) is 2.03. The second kappa shape index (κ2) is 8.57. The Morgan fingerprint density at radius 1 is 0.931 bits per heavy atom. The number of amides is 1. The number of nitrogens with one attached hydrogen (secondary N) is 1. The molecule has 2 aromatic rings. The number of anilines is 1. The molecule has 0 unspecified atom stereocenters. The summed E-state index contributed by atoms with van der Waals surface area (Å²) in [6, 6.07) is 9.86. The molecule has 0 heterocycles. The van der Waals surface area contributed by atoms with Crippen LogP contribution in [0.3, 0.4) is 0 Å². The Labute approximate surface area is 167 Å². The van der Waals surface area contributed by atoms with E-state index in [2.05, 4.69) is 5.43 Å². The van der Waals surface area contributed by atoms with Gasteiger partial charge in [-0.2, -0.15) is 0 Å². The van der Waals surface area contributed by atoms with Crippen LogP contribution in [0, 0.1) is 0 Å². The minimum absolute atomic E-state index is 0.0782. The number of carbonyl (C=O) groups is 3. The van der Waals surface area contributed by atoms with E-state index in [-0.39, 0.29) is 23.7 Å². The number of rotatable bonds is 8. The summed E-state index contributed by atoms with van der Waals surface area (Å²) < 4.78 is 15.8. The molecule has 0 atom stereocenters. The fourth-order valence-corrected chi connectivity index (χ4v) is 3.10. The second-order valence-electron chi connectivity index (χ2n) is 6.04. The number of fused-ring (bicyclic) bond motifs is 1. The summed E-state index contributed by atoms with van der Waals surface area (Å²) in [6.45, 7) is 0.0796. The molecule has 0 aliphatic heterocycles. The summed E-state index contributed by atoms with van der Waals surface area (Å²) in [5.74, 6) is 0.512. The van der Waals surface area contributed by atoms with Gasteiger partial charge < -0.3 is 14.2 Å². The molecule has 0 radical (unpaired) electrons. The van der Waals surface area contributed by atoms with Crippen LogP contribution in [-0.4, -0.2) is 45.9 Å². The zero-order valence-corrected chi connectivity index (χ0v) is 16.2. The van der Waals surface area contributed by atoms with E-state index in [9.17, 15) is 14.4 Å². The molecule has 1 aliphatic rings. The largest absolute Gasteiger partial charge is 0.493 e. The van der Waals surface area contributed by atoms with Crippen molar-refractivity contribution in [2.45, 2.75) is 0 Å². The SMILES string of the molecule is COc1cc(N(C=O)NCC=C2C(=O)c3ccccc3C2=O)cc(OC)c1OC. The summed E-state index contributed by atoms with van der Waals surface area (Å²) in [5.41, 5.74) is 4.14. The zero-order valence-electron chi connectivity index (χ0n) is 16.2. The average molecular weight is 396 g/mol. The highest BCUT2D eigenvalue weighted by Crippen LogP contribution is 2.40. The van der Waals surface area contributed by atoms with E-state index in [4.69, 9.17) is 14.2 Å². The summed E-state index contributed by atoms with van der Waals surface area (Å²) in [7, 11) is 4.42. The highest BCUT2D eigenvalue weighted by atomic mass is 16.5. The number of hydrogen-bond acceptors (Lipinski definition) is 7. The third-order valence-corrected chi connectivity index (χ3v) is 4.51. The summed E-state index contributed by atoms with van der Waals surface area (Å²) in [5, 5.41) is 1.19. The third-order valence-electron chi connectivity index (χ3n) is 4.51. The van der Waals surface area contributed by atoms with Gasteiger partial charge in [0.15, 0.2) is 23.1 Å². The van der Waals surface area contributed by atoms with Gasteiger partial charge in [0.25, 0.3) is 0 Å². The minimum Gasteiger partial charge on any atom is -0.493 e. The van der Waals surface area contributed by atoms with E-state index in [0.29, 0.717) is 40.5 Å². The van der Waals surface area contributed by atoms with Crippen LogP contribution in [0.5, 0.6) is 17.2 Å². The lowest BCUT2D eigenvalue weighted by Crippen LogP contribution is -2.37. The first kappa shape index (κ1) is 20.1. The number of Topliss-reactive ketones (excluding diaryl/α,β-unsaturated/α-hetero) is 2. The smallest absolute Gasteiger partial charge is 0.228 e. The van der Waals surface area contributed by atoms with Crippen LogP contribution in [0.1, 0.15) is 20.7 Å². The van der Waals surface area contributed by atoms with Crippen LogP contribution in [0.4, 0.5) is 5.69 Å². The molecule has 0 fully saturated rings. The molecule has 1 amide bonds. The van der Waals surface area contributed by atoms with Gasteiger partial charge in [-0.05, 0) is 0 Å². The Hall–Kier alpha value is -3.65. The molecule has 3 rings (SSSR count). The maximum Gasteiger partial charge on any atom is 0.228 e. The lowest BCUT2D eigenvalue weighted by molar-refractivity contribution is -0.108. The number of carbonyl (C=O) groups excluding carboxylic acids is 3. The molecule has 29 heavy (non-hydrogen) atoms. The predicted octanol–water partition coefficient (Wildman–Crippen LogP) is 2.19. The molecule has 0 spiro atoms. The first-order chi connectivity index (χ1) is 14.0. The Morgan fingerprint density at radius 2 is 1.48 bits per heavy atom. The number of ketones is 2. The van der Waals surface area contributed by atoms with Crippen molar-refractivity contribution in [2.24, 2.45) is 0 Å². The van der Waals surface area contributed by atoms with Crippen molar-refractivity contribution in [3.8, 4) is 17.2 Å². The quantitative estimate of drug-likeness (QED) is 0.316. The van der Waals surface area contributed by atoms with E-state index in [1.165, 1.54) is 32.4 Å². The highest BCUT2D eigenvalue weighted by Gasteiger charge is 2.32. The number of methoxy groups -OCH3 is 3. The molecule has 1 aliphatic carbocycles. The van der Waals surface area contributed by atoms with Gasteiger partial charge in [-0.3, -0.25) is 14.4 Å². The van der Waals surface area contributed by atoms with E-state index in [1.54, 1.807) is 36.4 Å². The normalized spacial score (nSPS) is 12.4. The maximum atomic E-state index is 12.4. The second-order valence-corrected chi connectivity index (χ2v) is 6.04. The number of nitrogens with zero attached hydrogens (tertiary/aromatic N) is 1. The van der Waals surface area contributed by atoms with Gasteiger partial charge >= 0.3 is 0 Å². The average Bonchev–Trinajstić information content (AvgIpc) is 3.00. The monoisotopic (exact) mass is 396 g/mol. The number of hydrazine groups is 1. The molecule has 2 aromatic carbocycles. The van der Waals surface area contributed by atoms with Crippen molar-refractivity contribution < 1.29 is 28.6 Å². The van der Waals surface area contributed by atoms with Crippen molar-refractivity contribution in [3.63, 3.8) is 0 Å². The molecule has 0 aromatic heterocycles. The van der Waals surface area contributed by atoms with Gasteiger partial charge in [0, 0.05) is 29.8 Å². The number of allylic oxidation sites excluding steroid dienone is 1. The molecule has 0 saturated heterocycles. The van der Waals surface area contributed by atoms with Gasteiger partial charge in [-0.1, -0.05) is 30.3 Å². The number of benzene rings is 2. The fraction of sp³-hybridized carbons (Fsp3) is 0.190. The van der Waals surface area contributed by atoms with E-state index >= 15 is 0 Å². The summed E-state index contributed by atoms with van der Waals surface area (Å²) >= 11 is 0. The van der Waals surface area contributed by atoms with Gasteiger partial charge in [-0.25, -0.2) is 10.4 Å². The molecular weight excluding hydrogens is 376 g/mol. The lowest BCUT2D eigenvalue weighted by atomic mass is 10.1. The topological polar surface area (TPSA) is 94.2 Å². The number of ether oxygens (including phenoxy) is 3. The first-order valence-electron chi connectivity index (χ1n) is 8.72. The Bertz CT molecular complexity index is 936.